The van der Waals surface area contributed by atoms with E-state index >= 15 is 0 Å². The first-order chi connectivity index (χ1) is 11.5. The maximum absolute atomic E-state index is 6.19. The number of rotatable bonds is 4. The molecule has 4 N–H and O–H groups in total. The van der Waals surface area contributed by atoms with Crippen LogP contribution in [0.25, 0.3) is 0 Å². The minimum atomic E-state index is 0.411. The van der Waals surface area contributed by atoms with E-state index in [1.165, 1.54) is 6.33 Å². The summed E-state index contributed by atoms with van der Waals surface area (Å²) in [5.41, 5.74) is 9.55. The number of nitrogen functional groups attached to an aromatic ring is 1. The van der Waals surface area contributed by atoms with Crippen LogP contribution in [0.15, 0.2) is 42.9 Å². The number of benzene rings is 1. The number of nitrogens with one attached hydrogen (secondary N) is 2. The van der Waals surface area contributed by atoms with Crippen LogP contribution in [0.2, 0.25) is 5.02 Å². The molecule has 122 valence electrons. The van der Waals surface area contributed by atoms with Crippen LogP contribution in [0, 0.1) is 13.8 Å². The second-order valence-electron chi connectivity index (χ2n) is 5.41. The molecule has 0 unspecified atom stereocenters. The number of nitrogens with zero attached hydrogens (tertiary/aromatic N) is 3. The van der Waals surface area contributed by atoms with Crippen molar-refractivity contribution in [1.82, 2.24) is 15.0 Å². The second-order valence-corrected chi connectivity index (χ2v) is 5.85. The highest BCUT2D eigenvalue weighted by Gasteiger charge is 2.10. The zero-order valence-corrected chi connectivity index (χ0v) is 14.1. The van der Waals surface area contributed by atoms with Gasteiger partial charge in [-0.05, 0) is 49.2 Å². The Morgan fingerprint density at radius 1 is 0.958 bits per heavy atom. The van der Waals surface area contributed by atoms with Gasteiger partial charge in [0.1, 0.15) is 17.8 Å². The Morgan fingerprint density at radius 3 is 2.38 bits per heavy atom. The monoisotopic (exact) mass is 340 g/mol. The first-order valence-corrected chi connectivity index (χ1v) is 7.74. The van der Waals surface area contributed by atoms with Gasteiger partial charge in [0.15, 0.2) is 11.6 Å². The van der Waals surface area contributed by atoms with Crippen LogP contribution >= 0.6 is 11.6 Å². The summed E-state index contributed by atoms with van der Waals surface area (Å²) in [7, 11) is 0. The first-order valence-electron chi connectivity index (χ1n) is 7.36. The van der Waals surface area contributed by atoms with Gasteiger partial charge in [-0.25, -0.2) is 15.0 Å². The van der Waals surface area contributed by atoms with E-state index in [1.54, 1.807) is 6.20 Å². The summed E-state index contributed by atoms with van der Waals surface area (Å²) >= 11 is 5.98. The molecule has 6 nitrogen and oxygen atoms in total. The molecular weight excluding hydrogens is 324 g/mol. The molecule has 0 atom stereocenters. The maximum atomic E-state index is 6.19. The van der Waals surface area contributed by atoms with E-state index in [2.05, 4.69) is 25.6 Å². The normalized spacial score (nSPS) is 10.5. The van der Waals surface area contributed by atoms with Crippen molar-refractivity contribution in [3.63, 3.8) is 0 Å². The lowest BCUT2D eigenvalue weighted by molar-refractivity contribution is 1.16. The van der Waals surface area contributed by atoms with Crippen molar-refractivity contribution in [2.75, 3.05) is 16.4 Å². The number of anilines is 5. The smallest absolute Gasteiger partial charge is 0.160 e. The Kier molecular flexibility index (Phi) is 4.48. The third kappa shape index (κ3) is 3.55. The minimum absolute atomic E-state index is 0.411. The molecule has 0 aliphatic heterocycles. The van der Waals surface area contributed by atoms with E-state index in [4.69, 9.17) is 17.3 Å². The summed E-state index contributed by atoms with van der Waals surface area (Å²) in [4.78, 5) is 12.7. The predicted molar refractivity (Wildman–Crippen MR) is 98.2 cm³/mol. The fraction of sp³-hybridized carbons (Fsp3) is 0.118. The summed E-state index contributed by atoms with van der Waals surface area (Å²) < 4.78 is 0. The number of aryl methyl sites for hydroxylation is 2. The van der Waals surface area contributed by atoms with Crippen molar-refractivity contribution in [2.24, 2.45) is 0 Å². The zero-order valence-electron chi connectivity index (χ0n) is 13.3. The van der Waals surface area contributed by atoms with Gasteiger partial charge in [0.25, 0.3) is 0 Å². The van der Waals surface area contributed by atoms with Gasteiger partial charge in [-0.3, -0.25) is 0 Å². The molecule has 24 heavy (non-hydrogen) atoms. The summed E-state index contributed by atoms with van der Waals surface area (Å²) in [6.45, 7) is 3.94. The fourth-order valence-corrected chi connectivity index (χ4v) is 2.38. The highest BCUT2D eigenvalue weighted by atomic mass is 35.5. The summed E-state index contributed by atoms with van der Waals surface area (Å²) in [5, 5.41) is 6.99. The molecule has 0 aliphatic rings. The lowest BCUT2D eigenvalue weighted by Crippen LogP contribution is -2.06. The van der Waals surface area contributed by atoms with E-state index in [0.29, 0.717) is 28.2 Å². The quantitative estimate of drug-likeness (QED) is 0.659. The topological polar surface area (TPSA) is 88.8 Å². The minimum Gasteiger partial charge on any atom is -0.393 e. The van der Waals surface area contributed by atoms with E-state index in [1.807, 2.05) is 44.2 Å². The largest absolute Gasteiger partial charge is 0.393 e. The van der Waals surface area contributed by atoms with Crippen molar-refractivity contribution in [1.29, 1.82) is 0 Å². The van der Waals surface area contributed by atoms with Gasteiger partial charge >= 0.3 is 0 Å². The molecule has 0 bridgehead atoms. The van der Waals surface area contributed by atoms with E-state index in [9.17, 15) is 0 Å². The van der Waals surface area contributed by atoms with Gasteiger partial charge in [0.2, 0.25) is 0 Å². The highest BCUT2D eigenvalue weighted by molar-refractivity contribution is 6.30. The van der Waals surface area contributed by atoms with Crippen LogP contribution in [-0.4, -0.2) is 15.0 Å². The molecule has 2 aromatic heterocycles. The van der Waals surface area contributed by atoms with Gasteiger partial charge in [-0.2, -0.15) is 0 Å². The molecule has 0 amide bonds. The molecule has 3 rings (SSSR count). The number of halogens is 1. The van der Waals surface area contributed by atoms with Crippen LogP contribution in [0.3, 0.4) is 0 Å². The molecule has 0 saturated heterocycles. The summed E-state index contributed by atoms with van der Waals surface area (Å²) in [6.07, 6.45) is 3.22. The average Bonchev–Trinajstić information content (AvgIpc) is 2.55. The van der Waals surface area contributed by atoms with Gasteiger partial charge in [0.05, 0.1) is 0 Å². The van der Waals surface area contributed by atoms with Crippen LogP contribution in [0.4, 0.5) is 28.8 Å². The molecule has 0 saturated carbocycles. The highest BCUT2D eigenvalue weighted by Crippen LogP contribution is 2.29. The number of aromatic nitrogens is 3. The van der Waals surface area contributed by atoms with Crippen molar-refractivity contribution in [3.8, 4) is 0 Å². The number of nitrogens with two attached hydrogens (primary N) is 1. The van der Waals surface area contributed by atoms with Gasteiger partial charge in [-0.15, -0.1) is 0 Å². The van der Waals surface area contributed by atoms with Crippen LogP contribution in [-0.2, 0) is 0 Å². The molecule has 3 aromatic rings. The zero-order chi connectivity index (χ0) is 17.1. The van der Waals surface area contributed by atoms with Crippen molar-refractivity contribution in [2.45, 2.75) is 13.8 Å². The SMILES string of the molecule is Cc1ccc(Nc2ncnc(Nc3ccc(Cl)cc3C)c2N)nc1. The first kappa shape index (κ1) is 16.0. The van der Waals surface area contributed by atoms with Gasteiger partial charge in [-0.1, -0.05) is 17.7 Å². The van der Waals surface area contributed by atoms with Crippen LogP contribution < -0.4 is 16.4 Å². The third-order valence-corrected chi connectivity index (χ3v) is 3.72. The Balaban J connectivity index is 1.86. The summed E-state index contributed by atoms with van der Waals surface area (Å²) in [6, 6.07) is 9.39. The Bertz CT molecular complexity index is 863. The predicted octanol–water partition coefficient (Wildman–Crippen LogP) is 4.21. The lowest BCUT2D eigenvalue weighted by Gasteiger charge is -2.13. The van der Waals surface area contributed by atoms with Crippen molar-refractivity contribution >= 4 is 40.4 Å². The van der Waals surface area contributed by atoms with Crippen molar-refractivity contribution in [3.05, 3.63) is 59.0 Å². The second kappa shape index (κ2) is 6.72. The molecule has 7 heteroatoms. The molecule has 0 fully saturated rings. The maximum Gasteiger partial charge on any atom is 0.160 e. The molecule has 0 spiro atoms. The average molecular weight is 341 g/mol. The van der Waals surface area contributed by atoms with Crippen molar-refractivity contribution < 1.29 is 0 Å². The Labute approximate surface area is 145 Å². The Hall–Kier alpha value is -2.86. The van der Waals surface area contributed by atoms with Crippen LogP contribution in [0.1, 0.15) is 11.1 Å². The molecule has 0 radical (unpaired) electrons. The van der Waals surface area contributed by atoms with E-state index in [0.717, 1.165) is 16.8 Å². The van der Waals surface area contributed by atoms with E-state index < -0.39 is 0 Å². The fourth-order valence-electron chi connectivity index (χ4n) is 2.15. The number of hydrogen-bond acceptors (Lipinski definition) is 6. The molecular formula is C17H17ClN6. The van der Waals surface area contributed by atoms with Gasteiger partial charge < -0.3 is 16.4 Å². The number of hydrogen-bond donors (Lipinski definition) is 3. The molecule has 2 heterocycles. The summed E-state index contributed by atoms with van der Waals surface area (Å²) in [5.74, 6) is 1.68. The van der Waals surface area contributed by atoms with Gasteiger partial charge in [0, 0.05) is 16.9 Å². The van der Waals surface area contributed by atoms with Crippen LogP contribution in [0.5, 0.6) is 0 Å². The number of pyridine rings is 1. The molecule has 0 aliphatic carbocycles. The lowest BCUT2D eigenvalue weighted by atomic mass is 10.2. The Morgan fingerprint density at radius 2 is 1.71 bits per heavy atom. The molecule has 1 aromatic carbocycles. The third-order valence-electron chi connectivity index (χ3n) is 3.48. The standard InChI is InChI=1S/C17H17ClN6/c1-10-3-6-14(20-8-10)24-17-15(19)16(21-9-22-17)23-13-5-4-12(18)7-11(13)2/h3-9H,19H2,1-2H3,(H2,20,21,22,23,24). The van der Waals surface area contributed by atoms with E-state index in [-0.39, 0.29) is 0 Å².